The molecule has 0 fully saturated rings. The van der Waals surface area contributed by atoms with Gasteiger partial charge in [-0.3, -0.25) is 5.21 Å². The third-order valence-electron chi connectivity index (χ3n) is 3.66. The fourth-order valence-corrected chi connectivity index (χ4v) is 3.50. The number of aliphatic imine (C=N–C) groups is 2. The molecule has 0 saturated carbocycles. The van der Waals surface area contributed by atoms with Crippen LogP contribution in [0.1, 0.15) is 12.6 Å². The zero-order valence-electron chi connectivity index (χ0n) is 14.9. The Kier molecular flexibility index (Phi) is 6.31. The van der Waals surface area contributed by atoms with Gasteiger partial charge in [0.2, 0.25) is 0 Å². The minimum Gasteiger partial charge on any atom is -1.00 e. The molecule has 0 saturated heterocycles. The second-order valence-electron chi connectivity index (χ2n) is 5.32. The number of rotatable bonds is 3. The van der Waals surface area contributed by atoms with Gasteiger partial charge in [-0.05, 0) is 30.3 Å². The van der Waals surface area contributed by atoms with Gasteiger partial charge in [0.15, 0.2) is 5.37 Å². The van der Waals surface area contributed by atoms with Crippen LogP contribution in [0.5, 0.6) is 11.5 Å². The minimum absolute atomic E-state index is 0. The third-order valence-corrected chi connectivity index (χ3v) is 4.89. The molecule has 26 heavy (non-hydrogen) atoms. The van der Waals surface area contributed by atoms with Gasteiger partial charge in [0.25, 0.3) is 0 Å². The molecule has 2 heterocycles. The molecule has 2 aliphatic heterocycles. The molecular formula is C18H13KN4O2S. The quantitative estimate of drug-likeness (QED) is 0.789. The monoisotopic (exact) mass is 388 g/mol. The van der Waals surface area contributed by atoms with Crippen LogP contribution < -0.4 is 56.1 Å². The predicted octanol–water partition coefficient (Wildman–Crippen LogP) is 0.861. The van der Waals surface area contributed by atoms with Crippen molar-refractivity contribution < 1.29 is 62.8 Å². The molecular weight excluding hydrogens is 375 g/mol. The smallest absolute Gasteiger partial charge is 1.00 e. The molecule has 8 heteroatoms. The van der Waals surface area contributed by atoms with Crippen molar-refractivity contribution in [1.29, 1.82) is 5.26 Å². The third kappa shape index (κ3) is 3.94. The van der Waals surface area contributed by atoms with Crippen LogP contribution in [0.25, 0.3) is 0 Å². The molecule has 1 unspecified atom stereocenters. The standard InChI is InChI=1S/C18H12N4O2S.K.H/c19-9-13-8-12(6-7-16(13)24-14-4-2-1-3-5-14)17-21-15-10-20-11-22(23)18(15)25-17;;/h1-8,10-11,18,23H;;/q;+1;-1. The molecule has 0 aliphatic carbocycles. The summed E-state index contributed by atoms with van der Waals surface area (Å²) < 4.78 is 5.78. The number of hydrogen-bond acceptors (Lipinski definition) is 7. The maximum atomic E-state index is 9.83. The summed E-state index contributed by atoms with van der Waals surface area (Å²) in [5, 5.41) is 20.7. The SMILES string of the molecule is N#Cc1cc(C2=NC3=CN=CN(O)C3S2)ccc1Oc1ccccc1.[H-].[K+]. The number of nitriles is 1. The van der Waals surface area contributed by atoms with E-state index in [1.165, 1.54) is 18.1 Å². The van der Waals surface area contributed by atoms with Crippen molar-refractivity contribution in [3.63, 3.8) is 0 Å². The Morgan fingerprint density at radius 1 is 1.23 bits per heavy atom. The maximum Gasteiger partial charge on any atom is 1.00 e. The summed E-state index contributed by atoms with van der Waals surface area (Å²) in [6.45, 7) is 0. The van der Waals surface area contributed by atoms with Crippen LogP contribution in [0.15, 0.2) is 70.4 Å². The Hall–Kier alpha value is -1.44. The first-order chi connectivity index (χ1) is 12.2. The fraction of sp³-hybridized carbons (Fsp3) is 0.0556. The first-order valence-electron chi connectivity index (χ1n) is 7.48. The van der Waals surface area contributed by atoms with Gasteiger partial charge < -0.3 is 6.16 Å². The van der Waals surface area contributed by atoms with Crippen LogP contribution in [0, 0.1) is 11.3 Å². The molecule has 2 aliphatic rings. The number of nitrogens with zero attached hydrogens (tertiary/aromatic N) is 4. The molecule has 0 radical (unpaired) electrons. The van der Waals surface area contributed by atoms with Gasteiger partial charge >= 0.3 is 51.4 Å². The molecule has 0 bridgehead atoms. The van der Waals surface area contributed by atoms with Gasteiger partial charge in [0.05, 0.1) is 17.5 Å². The predicted molar refractivity (Wildman–Crippen MR) is 96.9 cm³/mol. The van der Waals surface area contributed by atoms with Crippen molar-refractivity contribution in [2.45, 2.75) is 5.37 Å². The van der Waals surface area contributed by atoms with Crippen molar-refractivity contribution in [3.8, 4) is 17.6 Å². The van der Waals surface area contributed by atoms with E-state index < -0.39 is 0 Å². The van der Waals surface area contributed by atoms with Gasteiger partial charge in [-0.2, -0.15) is 5.26 Å². The van der Waals surface area contributed by atoms with Crippen LogP contribution in [-0.2, 0) is 0 Å². The Morgan fingerprint density at radius 2 is 2.04 bits per heavy atom. The molecule has 0 spiro atoms. The zero-order valence-corrected chi connectivity index (χ0v) is 17.8. The maximum absolute atomic E-state index is 9.83. The van der Waals surface area contributed by atoms with Crippen molar-refractivity contribution in [1.82, 2.24) is 5.06 Å². The fourth-order valence-electron chi connectivity index (χ4n) is 2.47. The summed E-state index contributed by atoms with van der Waals surface area (Å²) >= 11 is 1.40. The van der Waals surface area contributed by atoms with Crippen LogP contribution in [0.4, 0.5) is 0 Å². The largest absolute Gasteiger partial charge is 1.00 e. The molecule has 1 N–H and O–H groups in total. The van der Waals surface area contributed by atoms with Crippen molar-refractivity contribution in [2.24, 2.45) is 9.98 Å². The first-order valence-corrected chi connectivity index (χ1v) is 8.36. The average Bonchev–Trinajstić information content (AvgIpc) is 3.09. The number of fused-ring (bicyclic) bond motifs is 1. The minimum atomic E-state index is -0.307. The van der Waals surface area contributed by atoms with Crippen LogP contribution in [0.3, 0.4) is 0 Å². The number of hydrogen-bond donors (Lipinski definition) is 1. The number of ether oxygens (including phenoxy) is 1. The van der Waals surface area contributed by atoms with E-state index in [-0.39, 0.29) is 58.2 Å². The van der Waals surface area contributed by atoms with E-state index in [4.69, 9.17) is 4.74 Å². The molecule has 4 rings (SSSR count). The summed E-state index contributed by atoms with van der Waals surface area (Å²) in [4.78, 5) is 8.41. The van der Waals surface area contributed by atoms with E-state index in [0.717, 1.165) is 15.7 Å². The second kappa shape index (κ2) is 8.50. The molecule has 1 atom stereocenters. The van der Waals surface area contributed by atoms with Crippen LogP contribution >= 0.6 is 11.8 Å². The van der Waals surface area contributed by atoms with E-state index in [1.54, 1.807) is 18.3 Å². The number of para-hydroxylation sites is 1. The van der Waals surface area contributed by atoms with Gasteiger partial charge in [-0.15, -0.1) is 0 Å². The molecule has 0 amide bonds. The van der Waals surface area contributed by atoms with E-state index in [1.807, 2.05) is 36.4 Å². The van der Waals surface area contributed by atoms with Crippen LogP contribution in [0.2, 0.25) is 0 Å². The molecule has 0 aromatic heterocycles. The Bertz CT molecular complexity index is 960. The molecule has 124 valence electrons. The van der Waals surface area contributed by atoms with Crippen molar-refractivity contribution in [3.05, 3.63) is 71.6 Å². The van der Waals surface area contributed by atoms with E-state index in [0.29, 0.717) is 22.8 Å². The number of hydroxylamine groups is 2. The van der Waals surface area contributed by atoms with Gasteiger partial charge in [-0.25, -0.2) is 15.0 Å². The summed E-state index contributed by atoms with van der Waals surface area (Å²) in [6, 6.07) is 16.8. The Morgan fingerprint density at radius 3 is 2.77 bits per heavy atom. The van der Waals surface area contributed by atoms with Gasteiger partial charge in [0.1, 0.15) is 29.0 Å². The molecule has 2 aromatic carbocycles. The van der Waals surface area contributed by atoms with E-state index in [9.17, 15) is 10.5 Å². The first kappa shape index (κ1) is 19.3. The van der Waals surface area contributed by atoms with E-state index >= 15 is 0 Å². The van der Waals surface area contributed by atoms with Crippen molar-refractivity contribution in [2.75, 3.05) is 0 Å². The number of benzene rings is 2. The second-order valence-corrected chi connectivity index (χ2v) is 6.39. The summed E-state index contributed by atoms with van der Waals surface area (Å²) in [6.07, 6.45) is 2.96. The molecule has 6 nitrogen and oxygen atoms in total. The van der Waals surface area contributed by atoms with Gasteiger partial charge in [0, 0.05) is 5.56 Å². The molecule has 2 aromatic rings. The zero-order chi connectivity index (χ0) is 17.2. The van der Waals surface area contributed by atoms with Crippen molar-refractivity contribution >= 4 is 23.1 Å². The van der Waals surface area contributed by atoms with Crippen LogP contribution in [-0.4, -0.2) is 27.0 Å². The number of thioether (sulfide) groups is 1. The summed E-state index contributed by atoms with van der Waals surface area (Å²) in [5.41, 5.74) is 1.89. The summed E-state index contributed by atoms with van der Waals surface area (Å²) in [5.74, 6) is 1.16. The Labute approximate surface area is 198 Å². The topological polar surface area (TPSA) is 81.2 Å². The Balaban J connectivity index is 0.00000131. The van der Waals surface area contributed by atoms with Gasteiger partial charge in [-0.1, -0.05) is 30.0 Å². The average molecular weight is 388 g/mol. The van der Waals surface area contributed by atoms with E-state index in [2.05, 4.69) is 16.1 Å². The normalized spacial score (nSPS) is 17.5. The summed E-state index contributed by atoms with van der Waals surface area (Å²) in [7, 11) is 0.